The predicted octanol–water partition coefficient (Wildman–Crippen LogP) is 2.13. The number of carboxylic acid groups (broad SMARTS) is 1. The van der Waals surface area contributed by atoms with Gasteiger partial charge in [0.2, 0.25) is 5.91 Å². The maximum absolute atomic E-state index is 10.4. The normalized spacial score (nSPS) is 8.82. The van der Waals surface area contributed by atoms with E-state index in [2.05, 4.69) is 6.58 Å². The van der Waals surface area contributed by atoms with E-state index in [0.29, 0.717) is 17.6 Å². The van der Waals surface area contributed by atoms with Gasteiger partial charge in [0, 0.05) is 5.57 Å². The van der Waals surface area contributed by atoms with E-state index in [1.807, 2.05) is 19.9 Å². The van der Waals surface area contributed by atoms with Gasteiger partial charge in [-0.25, -0.2) is 4.79 Å². The molecule has 0 aliphatic rings. The zero-order valence-corrected chi connectivity index (χ0v) is 10.1. The van der Waals surface area contributed by atoms with Gasteiger partial charge in [-0.15, -0.1) is 0 Å². The molecule has 0 saturated heterocycles. The fourth-order valence-electron chi connectivity index (χ4n) is 0.952. The van der Waals surface area contributed by atoms with Crippen molar-refractivity contribution < 1.29 is 14.7 Å². The number of hydrogen-bond donors (Lipinski definition) is 2. The van der Waals surface area contributed by atoms with Crippen LogP contribution in [0.2, 0.25) is 0 Å². The molecule has 0 spiro atoms. The summed E-state index contributed by atoms with van der Waals surface area (Å²) < 4.78 is 0. The van der Waals surface area contributed by atoms with Crippen LogP contribution in [0.1, 0.15) is 29.3 Å². The lowest BCUT2D eigenvalue weighted by atomic mass is 10.1. The van der Waals surface area contributed by atoms with Crippen molar-refractivity contribution in [1.29, 1.82) is 0 Å². The SMILES string of the molecule is C=C(CC)C(N)=O.Cc1cccc(C(=O)O)c1. The third-order valence-electron chi connectivity index (χ3n) is 2.04. The molecular weight excluding hydrogens is 218 g/mol. The highest BCUT2D eigenvalue weighted by Crippen LogP contribution is 2.02. The minimum absolute atomic E-state index is 0.347. The minimum atomic E-state index is -0.872. The number of carbonyl (C=O) groups is 2. The van der Waals surface area contributed by atoms with Gasteiger partial charge in [-0.05, 0) is 25.5 Å². The summed E-state index contributed by atoms with van der Waals surface area (Å²) in [5.41, 5.74) is 6.61. The molecule has 0 atom stereocenters. The largest absolute Gasteiger partial charge is 0.478 e. The van der Waals surface area contributed by atoms with E-state index in [0.717, 1.165) is 5.56 Å². The smallest absolute Gasteiger partial charge is 0.335 e. The zero-order valence-electron chi connectivity index (χ0n) is 10.1. The van der Waals surface area contributed by atoms with Gasteiger partial charge in [0.1, 0.15) is 0 Å². The Morgan fingerprint density at radius 1 is 1.41 bits per heavy atom. The summed E-state index contributed by atoms with van der Waals surface area (Å²) in [5, 5.41) is 8.51. The number of benzene rings is 1. The van der Waals surface area contributed by atoms with Gasteiger partial charge in [-0.1, -0.05) is 31.2 Å². The molecule has 0 radical (unpaired) electrons. The van der Waals surface area contributed by atoms with Crippen LogP contribution in [0.3, 0.4) is 0 Å². The van der Waals surface area contributed by atoms with Crippen molar-refractivity contribution in [3.05, 3.63) is 47.5 Å². The van der Waals surface area contributed by atoms with Crippen LogP contribution >= 0.6 is 0 Å². The van der Waals surface area contributed by atoms with Gasteiger partial charge in [0.25, 0.3) is 0 Å². The van der Waals surface area contributed by atoms with E-state index in [9.17, 15) is 9.59 Å². The number of carbonyl (C=O) groups excluding carboxylic acids is 1. The summed E-state index contributed by atoms with van der Waals surface area (Å²) in [5.74, 6) is -1.27. The summed E-state index contributed by atoms with van der Waals surface area (Å²) in [6.45, 7) is 7.11. The number of primary amides is 1. The lowest BCUT2D eigenvalue weighted by Gasteiger charge is -1.93. The van der Waals surface area contributed by atoms with Crippen molar-refractivity contribution in [2.24, 2.45) is 5.73 Å². The fraction of sp³-hybridized carbons (Fsp3) is 0.231. The molecule has 0 unspecified atom stereocenters. The van der Waals surface area contributed by atoms with Crippen LogP contribution in [0, 0.1) is 6.92 Å². The third-order valence-corrected chi connectivity index (χ3v) is 2.04. The van der Waals surface area contributed by atoms with Crippen LogP contribution in [0.15, 0.2) is 36.4 Å². The van der Waals surface area contributed by atoms with Gasteiger partial charge >= 0.3 is 5.97 Å². The van der Waals surface area contributed by atoms with Crippen molar-refractivity contribution in [2.45, 2.75) is 20.3 Å². The first-order chi connectivity index (χ1) is 7.88. The van der Waals surface area contributed by atoms with Crippen molar-refractivity contribution in [2.75, 3.05) is 0 Å². The van der Waals surface area contributed by atoms with Crippen LogP contribution in [0.4, 0.5) is 0 Å². The molecule has 1 aromatic rings. The van der Waals surface area contributed by atoms with Gasteiger partial charge in [-0.3, -0.25) is 4.79 Å². The molecule has 0 saturated carbocycles. The molecule has 92 valence electrons. The molecule has 0 bridgehead atoms. The average Bonchev–Trinajstić information content (AvgIpc) is 2.28. The minimum Gasteiger partial charge on any atom is -0.478 e. The topological polar surface area (TPSA) is 80.4 Å². The molecular formula is C13H17NO3. The highest BCUT2D eigenvalue weighted by Gasteiger charge is 1.99. The molecule has 1 rings (SSSR count). The maximum atomic E-state index is 10.4. The number of amides is 1. The first-order valence-electron chi connectivity index (χ1n) is 5.16. The maximum Gasteiger partial charge on any atom is 0.335 e. The predicted molar refractivity (Wildman–Crippen MR) is 66.8 cm³/mol. The van der Waals surface area contributed by atoms with Crippen molar-refractivity contribution >= 4 is 11.9 Å². The molecule has 0 aliphatic carbocycles. The number of nitrogens with two attached hydrogens (primary N) is 1. The third kappa shape index (κ3) is 6.14. The van der Waals surface area contributed by atoms with E-state index in [-0.39, 0.29) is 0 Å². The molecule has 0 fully saturated rings. The molecule has 0 heterocycles. The Labute approximate surface area is 101 Å². The molecule has 1 amide bonds. The summed E-state index contributed by atoms with van der Waals surface area (Å²) in [6, 6.07) is 6.82. The van der Waals surface area contributed by atoms with Crippen LogP contribution in [-0.4, -0.2) is 17.0 Å². The van der Waals surface area contributed by atoms with Gasteiger partial charge in [0.05, 0.1) is 5.56 Å². The van der Waals surface area contributed by atoms with Crippen LogP contribution in [0.5, 0.6) is 0 Å². The average molecular weight is 235 g/mol. The van der Waals surface area contributed by atoms with E-state index in [1.54, 1.807) is 18.2 Å². The summed E-state index contributed by atoms with van der Waals surface area (Å²) in [7, 11) is 0. The first kappa shape index (κ1) is 14.9. The number of aromatic carboxylic acids is 1. The molecule has 1 aromatic carbocycles. The lowest BCUT2D eigenvalue weighted by molar-refractivity contribution is -0.114. The van der Waals surface area contributed by atoms with Crippen LogP contribution in [-0.2, 0) is 4.79 Å². The van der Waals surface area contributed by atoms with Crippen LogP contribution in [0.25, 0.3) is 0 Å². The Hall–Kier alpha value is -2.10. The highest BCUT2D eigenvalue weighted by atomic mass is 16.4. The second kappa shape index (κ2) is 7.22. The van der Waals surface area contributed by atoms with Crippen molar-refractivity contribution in [3.63, 3.8) is 0 Å². The highest BCUT2D eigenvalue weighted by molar-refractivity contribution is 5.91. The quantitative estimate of drug-likeness (QED) is 0.787. The van der Waals surface area contributed by atoms with E-state index >= 15 is 0 Å². The fourth-order valence-corrected chi connectivity index (χ4v) is 0.952. The second-order valence-electron chi connectivity index (χ2n) is 3.50. The van der Waals surface area contributed by atoms with Gasteiger partial charge in [-0.2, -0.15) is 0 Å². The number of carboxylic acids is 1. The Morgan fingerprint density at radius 2 is 2.00 bits per heavy atom. The second-order valence-corrected chi connectivity index (χ2v) is 3.50. The first-order valence-corrected chi connectivity index (χ1v) is 5.16. The van der Waals surface area contributed by atoms with Gasteiger partial charge in [0.15, 0.2) is 0 Å². The summed E-state index contributed by atoms with van der Waals surface area (Å²) in [6.07, 6.45) is 0.648. The molecule has 4 heteroatoms. The molecule has 3 N–H and O–H groups in total. The molecule has 4 nitrogen and oxygen atoms in total. The summed E-state index contributed by atoms with van der Waals surface area (Å²) >= 11 is 0. The Morgan fingerprint density at radius 3 is 2.24 bits per heavy atom. The number of aryl methyl sites for hydroxylation is 1. The van der Waals surface area contributed by atoms with Crippen molar-refractivity contribution in [1.82, 2.24) is 0 Å². The van der Waals surface area contributed by atoms with E-state index in [4.69, 9.17) is 10.8 Å². The Kier molecular flexibility index (Phi) is 6.33. The molecule has 17 heavy (non-hydrogen) atoms. The number of rotatable bonds is 3. The van der Waals surface area contributed by atoms with Gasteiger partial charge < -0.3 is 10.8 Å². The summed E-state index contributed by atoms with van der Waals surface area (Å²) in [4.78, 5) is 20.4. The monoisotopic (exact) mass is 235 g/mol. The lowest BCUT2D eigenvalue weighted by Crippen LogP contribution is -2.11. The standard InChI is InChI=1S/C8H8O2.C5H9NO/c1-6-3-2-4-7(5-6)8(9)10;1-3-4(2)5(6)7/h2-5H,1H3,(H,9,10);2-3H2,1H3,(H2,6,7). The molecule has 0 aromatic heterocycles. The van der Waals surface area contributed by atoms with E-state index < -0.39 is 11.9 Å². The van der Waals surface area contributed by atoms with E-state index in [1.165, 1.54) is 0 Å². The molecule has 0 aliphatic heterocycles. The van der Waals surface area contributed by atoms with Crippen LogP contribution < -0.4 is 5.73 Å². The van der Waals surface area contributed by atoms with Crippen molar-refractivity contribution in [3.8, 4) is 0 Å². The zero-order chi connectivity index (χ0) is 13.4. The Balaban J connectivity index is 0.000000325. The number of hydrogen-bond acceptors (Lipinski definition) is 2. The Bertz CT molecular complexity index is 424.